The van der Waals surface area contributed by atoms with E-state index in [1.807, 2.05) is 36.4 Å². The number of anilines is 2. The zero-order valence-electron chi connectivity index (χ0n) is 13.1. The van der Waals surface area contributed by atoms with Crippen LogP contribution in [-0.2, 0) is 4.79 Å². The quantitative estimate of drug-likeness (QED) is 0.892. The van der Waals surface area contributed by atoms with Crippen molar-refractivity contribution in [2.75, 3.05) is 16.4 Å². The van der Waals surface area contributed by atoms with Crippen LogP contribution < -0.4 is 10.6 Å². The Morgan fingerprint density at radius 2 is 1.91 bits per heavy atom. The van der Waals surface area contributed by atoms with Crippen LogP contribution in [0, 0.1) is 0 Å². The molecule has 2 aromatic carbocycles. The van der Waals surface area contributed by atoms with Crippen LogP contribution in [0.5, 0.6) is 0 Å². The third-order valence-corrected chi connectivity index (χ3v) is 4.78. The second-order valence-electron chi connectivity index (χ2n) is 5.78. The molecule has 118 valence electrons. The van der Waals surface area contributed by atoms with Gasteiger partial charge in [-0.25, -0.2) is 0 Å². The first-order chi connectivity index (χ1) is 11.0. The van der Waals surface area contributed by atoms with Gasteiger partial charge < -0.3 is 10.6 Å². The molecular weight excluding hydrogens is 308 g/mol. The van der Waals surface area contributed by atoms with Crippen LogP contribution in [0.2, 0.25) is 0 Å². The van der Waals surface area contributed by atoms with E-state index in [2.05, 4.69) is 24.5 Å². The van der Waals surface area contributed by atoms with Gasteiger partial charge in [0.15, 0.2) is 0 Å². The Kier molecular flexibility index (Phi) is 4.39. The van der Waals surface area contributed by atoms with Crippen molar-refractivity contribution in [1.29, 1.82) is 0 Å². The monoisotopic (exact) mass is 326 g/mol. The van der Waals surface area contributed by atoms with E-state index in [4.69, 9.17) is 0 Å². The average Bonchev–Trinajstić information content (AvgIpc) is 2.54. The maximum absolute atomic E-state index is 12.3. The van der Waals surface area contributed by atoms with Crippen LogP contribution >= 0.6 is 11.8 Å². The summed E-state index contributed by atoms with van der Waals surface area (Å²) in [5.74, 6) is 0.695. The van der Waals surface area contributed by atoms with Gasteiger partial charge in [-0.1, -0.05) is 26.0 Å². The molecule has 1 heterocycles. The second kappa shape index (κ2) is 6.46. The van der Waals surface area contributed by atoms with Gasteiger partial charge >= 0.3 is 0 Å². The Morgan fingerprint density at radius 1 is 1.17 bits per heavy atom. The molecule has 0 aliphatic carbocycles. The predicted molar refractivity (Wildman–Crippen MR) is 94.3 cm³/mol. The molecule has 23 heavy (non-hydrogen) atoms. The van der Waals surface area contributed by atoms with Crippen molar-refractivity contribution in [3.05, 3.63) is 53.6 Å². The number of benzene rings is 2. The molecule has 0 aromatic heterocycles. The fourth-order valence-electron chi connectivity index (χ4n) is 2.38. The lowest BCUT2D eigenvalue weighted by Crippen LogP contribution is -2.19. The van der Waals surface area contributed by atoms with E-state index < -0.39 is 0 Å². The van der Waals surface area contributed by atoms with Crippen molar-refractivity contribution in [3.8, 4) is 0 Å². The van der Waals surface area contributed by atoms with E-state index in [1.54, 1.807) is 6.07 Å². The van der Waals surface area contributed by atoms with Gasteiger partial charge in [0.1, 0.15) is 0 Å². The van der Waals surface area contributed by atoms with Crippen LogP contribution in [0.15, 0.2) is 47.4 Å². The summed E-state index contributed by atoms with van der Waals surface area (Å²) in [5, 5.41) is 5.69. The van der Waals surface area contributed by atoms with E-state index in [-0.39, 0.29) is 11.8 Å². The number of amides is 2. The number of hydrogen-bond acceptors (Lipinski definition) is 3. The average molecular weight is 326 g/mol. The van der Waals surface area contributed by atoms with Gasteiger partial charge in [-0.05, 0) is 41.8 Å². The third-order valence-electron chi connectivity index (χ3n) is 3.71. The highest BCUT2D eigenvalue weighted by atomic mass is 32.2. The normalized spacial score (nSPS) is 13.4. The molecule has 3 rings (SSSR count). The number of nitrogens with one attached hydrogen (secondary N) is 2. The van der Waals surface area contributed by atoms with Gasteiger partial charge in [0.25, 0.3) is 5.91 Å². The van der Waals surface area contributed by atoms with E-state index >= 15 is 0 Å². The summed E-state index contributed by atoms with van der Waals surface area (Å²) < 4.78 is 0. The molecule has 0 saturated carbocycles. The molecule has 2 aromatic rings. The molecule has 1 aliphatic heterocycles. The van der Waals surface area contributed by atoms with Crippen LogP contribution in [0.3, 0.4) is 0 Å². The minimum Gasteiger partial charge on any atom is -0.324 e. The molecule has 4 nitrogen and oxygen atoms in total. The minimum absolute atomic E-state index is 0.0183. The van der Waals surface area contributed by atoms with Crippen LogP contribution in [0.4, 0.5) is 11.4 Å². The van der Waals surface area contributed by atoms with E-state index in [0.717, 1.165) is 10.6 Å². The Morgan fingerprint density at radius 3 is 2.61 bits per heavy atom. The fourth-order valence-corrected chi connectivity index (χ4v) is 3.17. The first kappa shape index (κ1) is 15.6. The number of hydrogen-bond donors (Lipinski definition) is 2. The van der Waals surface area contributed by atoms with Crippen LogP contribution in [0.1, 0.15) is 35.7 Å². The molecule has 2 N–H and O–H groups in total. The maximum atomic E-state index is 12.3. The van der Waals surface area contributed by atoms with Gasteiger partial charge in [0.05, 0.1) is 11.4 Å². The lowest BCUT2D eigenvalue weighted by Gasteiger charge is -2.17. The van der Waals surface area contributed by atoms with Crippen molar-refractivity contribution < 1.29 is 9.59 Å². The molecule has 0 atom stereocenters. The molecule has 0 saturated heterocycles. The molecule has 0 bridgehead atoms. The Bertz CT molecular complexity index is 754. The van der Waals surface area contributed by atoms with E-state index in [0.29, 0.717) is 22.9 Å². The first-order valence-corrected chi connectivity index (χ1v) is 8.49. The second-order valence-corrected chi connectivity index (χ2v) is 6.80. The summed E-state index contributed by atoms with van der Waals surface area (Å²) in [5.41, 5.74) is 3.24. The van der Waals surface area contributed by atoms with Gasteiger partial charge in [0, 0.05) is 16.1 Å². The zero-order valence-corrected chi connectivity index (χ0v) is 13.9. The van der Waals surface area contributed by atoms with Gasteiger partial charge in [-0.3, -0.25) is 9.59 Å². The van der Waals surface area contributed by atoms with Crippen molar-refractivity contribution in [1.82, 2.24) is 0 Å². The molecule has 0 unspecified atom stereocenters. The maximum Gasteiger partial charge on any atom is 0.255 e. The lowest BCUT2D eigenvalue weighted by molar-refractivity contribution is -0.113. The zero-order chi connectivity index (χ0) is 16.4. The van der Waals surface area contributed by atoms with Gasteiger partial charge in [-0.2, -0.15) is 0 Å². The number of fused-ring (bicyclic) bond motifs is 1. The lowest BCUT2D eigenvalue weighted by atomic mass is 10.0. The van der Waals surface area contributed by atoms with Crippen LogP contribution in [0.25, 0.3) is 0 Å². The summed E-state index contributed by atoms with van der Waals surface area (Å²) in [6.45, 7) is 4.24. The fraction of sp³-hybridized carbons (Fsp3) is 0.222. The largest absolute Gasteiger partial charge is 0.324 e. The summed E-state index contributed by atoms with van der Waals surface area (Å²) >= 11 is 1.50. The predicted octanol–water partition coefficient (Wildman–Crippen LogP) is 4.11. The molecule has 1 aliphatic rings. The molecular formula is C18H18N2O2S. The van der Waals surface area contributed by atoms with E-state index in [9.17, 15) is 9.59 Å². The minimum atomic E-state index is -0.157. The number of carbonyl (C=O) groups is 2. The van der Waals surface area contributed by atoms with Crippen LogP contribution in [-0.4, -0.2) is 17.6 Å². The highest BCUT2D eigenvalue weighted by molar-refractivity contribution is 8.00. The highest BCUT2D eigenvalue weighted by Gasteiger charge is 2.16. The Balaban J connectivity index is 1.75. The van der Waals surface area contributed by atoms with Crippen molar-refractivity contribution >= 4 is 35.0 Å². The Hall–Kier alpha value is -2.27. The van der Waals surface area contributed by atoms with E-state index in [1.165, 1.54) is 17.3 Å². The first-order valence-electron chi connectivity index (χ1n) is 7.51. The number of rotatable bonds is 3. The third kappa shape index (κ3) is 3.56. The summed E-state index contributed by atoms with van der Waals surface area (Å²) in [6, 6.07) is 13.2. The topological polar surface area (TPSA) is 58.2 Å². The molecule has 2 amide bonds. The summed E-state index contributed by atoms with van der Waals surface area (Å²) in [4.78, 5) is 24.8. The van der Waals surface area contributed by atoms with Crippen molar-refractivity contribution in [3.63, 3.8) is 0 Å². The Labute approximate surface area is 139 Å². The molecule has 0 radical (unpaired) electrons. The van der Waals surface area contributed by atoms with Crippen molar-refractivity contribution in [2.45, 2.75) is 24.7 Å². The highest BCUT2D eigenvalue weighted by Crippen LogP contribution is 2.33. The van der Waals surface area contributed by atoms with Gasteiger partial charge in [-0.15, -0.1) is 11.8 Å². The standard InChI is InChI=1S/C18H18N2O2S/c1-11(2)12-3-5-13(6-4-12)18(22)19-14-7-8-16-15(9-14)20-17(21)10-23-16/h3-9,11H,10H2,1-2H3,(H,19,22)(H,20,21). The molecule has 5 heteroatoms. The smallest absolute Gasteiger partial charge is 0.255 e. The summed E-state index contributed by atoms with van der Waals surface area (Å²) in [6.07, 6.45) is 0. The number of carbonyl (C=O) groups excluding carboxylic acids is 2. The van der Waals surface area contributed by atoms with Gasteiger partial charge in [0.2, 0.25) is 5.91 Å². The molecule has 0 spiro atoms. The van der Waals surface area contributed by atoms with Crippen molar-refractivity contribution in [2.24, 2.45) is 0 Å². The molecule has 0 fully saturated rings. The number of thioether (sulfide) groups is 1. The SMILES string of the molecule is CC(C)c1ccc(C(=O)Nc2ccc3c(c2)NC(=O)CS3)cc1. The summed E-state index contributed by atoms with van der Waals surface area (Å²) in [7, 11) is 0.